The van der Waals surface area contributed by atoms with Gasteiger partial charge in [-0.05, 0) is 51.1 Å². The van der Waals surface area contributed by atoms with Crippen LogP contribution in [0, 0.1) is 13.8 Å². The van der Waals surface area contributed by atoms with Crippen LogP contribution in [0.4, 0.5) is 0 Å². The van der Waals surface area contributed by atoms with Gasteiger partial charge in [0.05, 0.1) is 18.2 Å². The number of ether oxygens (including phenoxy) is 3. The maximum Gasteiger partial charge on any atom is 0.338 e. The van der Waals surface area contributed by atoms with E-state index in [9.17, 15) is 14.4 Å². The van der Waals surface area contributed by atoms with Crippen molar-refractivity contribution in [1.82, 2.24) is 4.57 Å². The molecule has 0 radical (unpaired) electrons. The first kappa shape index (κ1) is 22.2. The third-order valence-electron chi connectivity index (χ3n) is 4.44. The maximum absolute atomic E-state index is 12.6. The van der Waals surface area contributed by atoms with E-state index in [0.717, 1.165) is 11.4 Å². The van der Waals surface area contributed by atoms with E-state index in [0.29, 0.717) is 17.9 Å². The van der Waals surface area contributed by atoms with Gasteiger partial charge in [0.25, 0.3) is 5.91 Å². The van der Waals surface area contributed by atoms with Gasteiger partial charge in [0.1, 0.15) is 5.75 Å². The average molecular weight is 402 g/mol. The number of ketones is 1. The number of carbonyl (C=O) groups is 3. The molecule has 0 bridgehead atoms. The van der Waals surface area contributed by atoms with Crippen LogP contribution in [0.15, 0.2) is 30.3 Å². The number of nitrogens with two attached hydrogens (primary N) is 1. The van der Waals surface area contributed by atoms with Crippen LogP contribution in [-0.4, -0.2) is 49.2 Å². The highest BCUT2D eigenvalue weighted by Gasteiger charge is 2.20. The van der Waals surface area contributed by atoms with Crippen molar-refractivity contribution in [3.05, 3.63) is 52.8 Å². The lowest BCUT2D eigenvalue weighted by Gasteiger charge is -2.17. The molecule has 8 nitrogen and oxygen atoms in total. The Hall–Kier alpha value is -3.13. The van der Waals surface area contributed by atoms with E-state index in [-0.39, 0.29) is 30.6 Å². The summed E-state index contributed by atoms with van der Waals surface area (Å²) in [5, 5.41) is 0. The quantitative estimate of drug-likeness (QED) is 0.482. The fourth-order valence-corrected chi connectivity index (χ4v) is 3.19. The first-order valence-electron chi connectivity index (χ1n) is 9.13. The number of amides is 1. The highest BCUT2D eigenvalue weighted by molar-refractivity contribution is 6.00. The van der Waals surface area contributed by atoms with Gasteiger partial charge in [0, 0.05) is 24.1 Å². The molecular formula is C21H26N2O6. The number of esters is 1. The summed E-state index contributed by atoms with van der Waals surface area (Å²) in [6, 6.07) is 7.89. The minimum absolute atomic E-state index is 0.0828. The van der Waals surface area contributed by atoms with Gasteiger partial charge in [-0.3, -0.25) is 9.59 Å². The lowest BCUT2D eigenvalue weighted by molar-refractivity contribution is -0.119. The van der Waals surface area contributed by atoms with Crippen molar-refractivity contribution in [3.63, 3.8) is 0 Å². The van der Waals surface area contributed by atoms with Crippen LogP contribution in [0.2, 0.25) is 0 Å². The van der Waals surface area contributed by atoms with Crippen LogP contribution in [0.1, 0.15) is 45.1 Å². The summed E-state index contributed by atoms with van der Waals surface area (Å²) in [5.74, 6) is -1.10. The van der Waals surface area contributed by atoms with Gasteiger partial charge in [-0.2, -0.15) is 0 Å². The topological polar surface area (TPSA) is 110 Å². The lowest BCUT2D eigenvalue weighted by atomic mass is 10.1. The second kappa shape index (κ2) is 9.88. The fraction of sp³-hybridized carbons (Fsp3) is 0.381. The van der Waals surface area contributed by atoms with Crippen LogP contribution in [0.5, 0.6) is 5.75 Å². The molecule has 1 atom stereocenters. The highest BCUT2D eigenvalue weighted by Crippen LogP contribution is 2.21. The molecule has 29 heavy (non-hydrogen) atoms. The second-order valence-corrected chi connectivity index (χ2v) is 6.74. The number of rotatable bonds is 10. The van der Waals surface area contributed by atoms with E-state index in [1.165, 1.54) is 24.3 Å². The van der Waals surface area contributed by atoms with Gasteiger partial charge >= 0.3 is 5.97 Å². The van der Waals surface area contributed by atoms with E-state index >= 15 is 0 Å². The zero-order valence-electron chi connectivity index (χ0n) is 17.1. The van der Waals surface area contributed by atoms with Crippen LogP contribution in [-0.2, 0) is 14.3 Å². The zero-order valence-corrected chi connectivity index (χ0v) is 17.1. The van der Waals surface area contributed by atoms with Crippen LogP contribution in [0.25, 0.3) is 0 Å². The highest BCUT2D eigenvalue weighted by atomic mass is 16.5. The van der Waals surface area contributed by atoms with Gasteiger partial charge in [-0.15, -0.1) is 0 Å². The molecule has 2 aromatic rings. The molecule has 0 fully saturated rings. The Balaban J connectivity index is 1.99. The Morgan fingerprint density at radius 3 is 2.34 bits per heavy atom. The number of methoxy groups -OCH3 is 1. The van der Waals surface area contributed by atoms with Crippen LogP contribution < -0.4 is 10.5 Å². The molecule has 1 amide bonds. The average Bonchev–Trinajstić information content (AvgIpc) is 2.99. The largest absolute Gasteiger partial charge is 0.484 e. The number of primary amides is 1. The molecule has 0 spiro atoms. The molecule has 1 aromatic carbocycles. The number of hydrogen-bond acceptors (Lipinski definition) is 6. The Labute approximate surface area is 169 Å². The number of nitrogens with zero attached hydrogens (tertiary/aromatic N) is 1. The van der Waals surface area contributed by atoms with Crippen molar-refractivity contribution in [1.29, 1.82) is 0 Å². The number of Topliss-reactive ketones (excluding diaryl/α,β-unsaturated/α-hetero) is 1. The van der Waals surface area contributed by atoms with Gasteiger partial charge in [0.15, 0.2) is 13.2 Å². The third-order valence-corrected chi connectivity index (χ3v) is 4.44. The van der Waals surface area contributed by atoms with Crippen LogP contribution in [0.3, 0.4) is 0 Å². The second-order valence-electron chi connectivity index (χ2n) is 6.74. The predicted molar refractivity (Wildman–Crippen MR) is 106 cm³/mol. The lowest BCUT2D eigenvalue weighted by Crippen LogP contribution is -2.20. The molecule has 0 aliphatic rings. The SMILES string of the molecule is COCC(C)n1c(C)cc(C(=O)COC(=O)c2ccc(OCC(N)=O)cc2)c1C. The van der Waals surface area contributed by atoms with Gasteiger partial charge < -0.3 is 24.5 Å². The van der Waals surface area contributed by atoms with E-state index in [2.05, 4.69) is 0 Å². The number of aryl methyl sites for hydroxylation is 1. The van der Waals surface area contributed by atoms with Crippen molar-refractivity contribution in [2.75, 3.05) is 26.9 Å². The third kappa shape index (κ3) is 5.68. The summed E-state index contributed by atoms with van der Waals surface area (Å²) in [5.41, 5.74) is 7.55. The zero-order chi connectivity index (χ0) is 21.6. The van der Waals surface area contributed by atoms with Gasteiger partial charge in [-0.1, -0.05) is 0 Å². The van der Waals surface area contributed by atoms with Crippen molar-refractivity contribution in [2.24, 2.45) is 5.73 Å². The van der Waals surface area contributed by atoms with E-state index in [1.807, 2.05) is 25.3 Å². The summed E-state index contributed by atoms with van der Waals surface area (Å²) in [7, 11) is 1.63. The van der Waals surface area contributed by atoms with E-state index in [1.54, 1.807) is 13.2 Å². The van der Waals surface area contributed by atoms with Crippen molar-refractivity contribution >= 4 is 17.7 Å². The first-order valence-corrected chi connectivity index (χ1v) is 9.13. The molecule has 1 heterocycles. The number of aromatic nitrogens is 1. The molecule has 1 unspecified atom stereocenters. The Morgan fingerprint density at radius 1 is 1.10 bits per heavy atom. The standard InChI is InChI=1S/C21H26N2O6/c1-13-9-18(15(3)23(13)14(2)10-27-4)19(24)11-29-21(26)16-5-7-17(8-6-16)28-12-20(22)25/h5-9,14H,10-12H2,1-4H3,(H2,22,25). The molecule has 156 valence electrons. The maximum atomic E-state index is 12.6. The predicted octanol–water partition coefficient (Wildman–Crippen LogP) is 2.22. The van der Waals surface area contributed by atoms with Crippen molar-refractivity contribution in [2.45, 2.75) is 26.8 Å². The molecule has 0 aliphatic carbocycles. The smallest absolute Gasteiger partial charge is 0.338 e. The molecular weight excluding hydrogens is 376 g/mol. The normalized spacial score (nSPS) is 11.7. The summed E-state index contributed by atoms with van der Waals surface area (Å²) >= 11 is 0. The summed E-state index contributed by atoms with van der Waals surface area (Å²) in [6.07, 6.45) is 0. The number of carbonyl (C=O) groups excluding carboxylic acids is 3. The molecule has 8 heteroatoms. The van der Waals surface area contributed by atoms with E-state index in [4.69, 9.17) is 19.9 Å². The fourth-order valence-electron chi connectivity index (χ4n) is 3.19. The van der Waals surface area contributed by atoms with Gasteiger partial charge in [0.2, 0.25) is 5.78 Å². The first-order chi connectivity index (χ1) is 13.7. The number of benzene rings is 1. The van der Waals surface area contributed by atoms with Crippen molar-refractivity contribution < 1.29 is 28.6 Å². The Morgan fingerprint density at radius 2 is 1.76 bits per heavy atom. The molecule has 0 saturated carbocycles. The molecule has 2 rings (SSSR count). The summed E-state index contributed by atoms with van der Waals surface area (Å²) < 4.78 is 17.5. The molecule has 1 aromatic heterocycles. The Kier molecular flexibility index (Phi) is 7.55. The van der Waals surface area contributed by atoms with E-state index < -0.39 is 11.9 Å². The summed E-state index contributed by atoms with van der Waals surface area (Å²) in [4.78, 5) is 35.5. The molecule has 0 saturated heterocycles. The summed E-state index contributed by atoms with van der Waals surface area (Å²) in [6.45, 7) is 5.71. The molecule has 2 N–H and O–H groups in total. The Bertz CT molecular complexity index is 885. The monoisotopic (exact) mass is 402 g/mol. The van der Waals surface area contributed by atoms with Crippen LogP contribution >= 0.6 is 0 Å². The minimum atomic E-state index is -0.624. The van der Waals surface area contributed by atoms with Crippen molar-refractivity contribution in [3.8, 4) is 5.75 Å². The minimum Gasteiger partial charge on any atom is -0.484 e. The van der Waals surface area contributed by atoms with Gasteiger partial charge in [-0.25, -0.2) is 4.79 Å². The number of hydrogen-bond donors (Lipinski definition) is 1. The molecule has 0 aliphatic heterocycles.